The summed E-state index contributed by atoms with van der Waals surface area (Å²) in [5.74, 6) is 1.24. The van der Waals surface area contributed by atoms with Crippen LogP contribution in [0.2, 0.25) is 0 Å². The van der Waals surface area contributed by atoms with Crippen LogP contribution in [0.3, 0.4) is 0 Å². The summed E-state index contributed by atoms with van der Waals surface area (Å²) in [6.45, 7) is 3.99. The zero-order chi connectivity index (χ0) is 22.3. The number of rotatable bonds is 7. The van der Waals surface area contributed by atoms with Crippen molar-refractivity contribution in [3.05, 3.63) is 59.9 Å². The van der Waals surface area contributed by atoms with Crippen molar-refractivity contribution in [2.75, 3.05) is 44.7 Å². The van der Waals surface area contributed by atoms with Gasteiger partial charge in [-0.3, -0.25) is 9.79 Å². The molecule has 2 N–H and O–H groups in total. The fourth-order valence-electron chi connectivity index (χ4n) is 3.73. The smallest absolute Gasteiger partial charge is 0.258 e. The zero-order valence-electron chi connectivity index (χ0n) is 18.4. The summed E-state index contributed by atoms with van der Waals surface area (Å²) in [7, 11) is 1.78. The minimum absolute atomic E-state index is 0.0351. The molecule has 0 radical (unpaired) electrons. The van der Waals surface area contributed by atoms with Gasteiger partial charge in [0.05, 0.1) is 0 Å². The van der Waals surface area contributed by atoms with E-state index in [0.717, 1.165) is 56.2 Å². The number of hydrogen-bond donors (Lipinski definition) is 2. The Balaban J connectivity index is 1.24. The van der Waals surface area contributed by atoms with Crippen molar-refractivity contribution in [2.24, 2.45) is 4.99 Å². The van der Waals surface area contributed by atoms with Gasteiger partial charge in [-0.05, 0) is 54.8 Å². The van der Waals surface area contributed by atoms with Crippen LogP contribution in [-0.4, -0.2) is 62.6 Å². The number of piperazine rings is 1. The topological polar surface area (TPSA) is 69.2 Å². The summed E-state index contributed by atoms with van der Waals surface area (Å²) in [4.78, 5) is 20.7. The van der Waals surface area contributed by atoms with E-state index in [0.29, 0.717) is 18.3 Å². The van der Waals surface area contributed by atoms with Crippen LogP contribution in [0.15, 0.2) is 53.5 Å². The van der Waals surface area contributed by atoms with Gasteiger partial charge >= 0.3 is 0 Å². The van der Waals surface area contributed by atoms with Gasteiger partial charge in [0.15, 0.2) is 12.6 Å². The molecule has 2 aromatic rings. The number of amides is 1. The first-order valence-electron chi connectivity index (χ1n) is 11.1. The largest absolute Gasteiger partial charge is 0.484 e. The van der Waals surface area contributed by atoms with Gasteiger partial charge in [0.1, 0.15) is 11.6 Å². The van der Waals surface area contributed by atoms with Gasteiger partial charge in [-0.15, -0.1) is 0 Å². The third kappa shape index (κ3) is 6.12. The molecular weight excluding hydrogens is 409 g/mol. The lowest BCUT2D eigenvalue weighted by atomic mass is 10.2. The number of aliphatic imine (C=N–C) groups is 1. The molecule has 1 amide bonds. The second-order valence-corrected chi connectivity index (χ2v) is 8.13. The highest BCUT2D eigenvalue weighted by Gasteiger charge is 2.23. The maximum Gasteiger partial charge on any atom is 0.258 e. The van der Waals surface area contributed by atoms with Gasteiger partial charge in [0.25, 0.3) is 5.91 Å². The fourth-order valence-corrected chi connectivity index (χ4v) is 3.73. The van der Waals surface area contributed by atoms with Crippen LogP contribution in [0.1, 0.15) is 18.4 Å². The molecule has 1 aliphatic heterocycles. The van der Waals surface area contributed by atoms with Crippen molar-refractivity contribution in [3.63, 3.8) is 0 Å². The fraction of sp³-hybridized carbons (Fsp3) is 0.417. The highest BCUT2D eigenvalue weighted by molar-refractivity contribution is 5.80. The van der Waals surface area contributed by atoms with E-state index in [-0.39, 0.29) is 18.3 Å². The van der Waals surface area contributed by atoms with Crippen LogP contribution in [-0.2, 0) is 11.3 Å². The number of ether oxygens (including phenoxy) is 1. The van der Waals surface area contributed by atoms with E-state index >= 15 is 0 Å². The number of halogens is 1. The molecule has 1 saturated heterocycles. The van der Waals surface area contributed by atoms with Crippen LogP contribution in [0.25, 0.3) is 0 Å². The predicted molar refractivity (Wildman–Crippen MR) is 123 cm³/mol. The maximum atomic E-state index is 13.2. The van der Waals surface area contributed by atoms with E-state index in [1.165, 1.54) is 12.1 Å². The van der Waals surface area contributed by atoms with Gasteiger partial charge in [-0.2, -0.15) is 0 Å². The SMILES string of the molecule is CN=C(NCc1cccc(OCC(=O)NC2CC2)c1)N1CCN(c2ccc(F)cc2)CC1. The quantitative estimate of drug-likeness (QED) is 0.512. The molecule has 1 saturated carbocycles. The van der Waals surface area contributed by atoms with E-state index in [1.807, 2.05) is 36.4 Å². The molecule has 0 bridgehead atoms. The van der Waals surface area contributed by atoms with E-state index in [2.05, 4.69) is 25.4 Å². The van der Waals surface area contributed by atoms with Gasteiger partial charge in [0, 0.05) is 51.5 Å². The Morgan fingerprint density at radius 1 is 1.12 bits per heavy atom. The van der Waals surface area contributed by atoms with Crippen LogP contribution in [0.4, 0.5) is 10.1 Å². The second-order valence-electron chi connectivity index (χ2n) is 8.13. The van der Waals surface area contributed by atoms with Gasteiger partial charge < -0.3 is 25.2 Å². The average molecular weight is 440 g/mol. The molecule has 32 heavy (non-hydrogen) atoms. The highest BCUT2D eigenvalue weighted by atomic mass is 19.1. The van der Waals surface area contributed by atoms with Crippen LogP contribution in [0, 0.1) is 5.82 Å². The minimum Gasteiger partial charge on any atom is -0.484 e. The average Bonchev–Trinajstić information content (AvgIpc) is 3.63. The molecule has 4 rings (SSSR count). The molecular formula is C24H30FN5O2. The van der Waals surface area contributed by atoms with Gasteiger partial charge in [-0.25, -0.2) is 4.39 Å². The molecule has 2 aliphatic rings. The predicted octanol–water partition coefficient (Wildman–Crippen LogP) is 2.38. The molecule has 1 heterocycles. The normalized spacial score (nSPS) is 16.6. The summed E-state index contributed by atoms with van der Waals surface area (Å²) in [6.07, 6.45) is 2.13. The summed E-state index contributed by atoms with van der Waals surface area (Å²) in [6, 6.07) is 14.7. The van der Waals surface area contributed by atoms with E-state index in [9.17, 15) is 9.18 Å². The summed E-state index contributed by atoms with van der Waals surface area (Å²) < 4.78 is 18.8. The van der Waals surface area contributed by atoms with Crippen molar-refractivity contribution >= 4 is 17.6 Å². The molecule has 0 unspecified atom stereocenters. The molecule has 170 valence electrons. The molecule has 2 fully saturated rings. The van der Waals surface area contributed by atoms with E-state index in [4.69, 9.17) is 4.74 Å². The van der Waals surface area contributed by atoms with Gasteiger partial charge in [0.2, 0.25) is 0 Å². The van der Waals surface area contributed by atoms with E-state index < -0.39 is 0 Å². The molecule has 0 aromatic heterocycles. The second kappa shape index (κ2) is 10.3. The lowest BCUT2D eigenvalue weighted by Crippen LogP contribution is -2.52. The van der Waals surface area contributed by atoms with Gasteiger partial charge in [-0.1, -0.05) is 12.1 Å². The Morgan fingerprint density at radius 2 is 1.88 bits per heavy atom. The number of benzene rings is 2. The maximum absolute atomic E-state index is 13.2. The Kier molecular flexibility index (Phi) is 7.09. The first kappa shape index (κ1) is 21.9. The molecule has 2 aromatic carbocycles. The molecule has 0 atom stereocenters. The Labute approximate surface area is 188 Å². The molecule has 1 aliphatic carbocycles. The zero-order valence-corrected chi connectivity index (χ0v) is 18.4. The lowest BCUT2D eigenvalue weighted by molar-refractivity contribution is -0.123. The van der Waals surface area contributed by atoms with Crippen LogP contribution in [0.5, 0.6) is 5.75 Å². The lowest BCUT2D eigenvalue weighted by Gasteiger charge is -2.37. The van der Waals surface area contributed by atoms with Crippen LogP contribution < -0.4 is 20.3 Å². The molecule has 0 spiro atoms. The molecule has 8 heteroatoms. The van der Waals surface area contributed by atoms with Crippen molar-refractivity contribution in [2.45, 2.75) is 25.4 Å². The van der Waals surface area contributed by atoms with Crippen LogP contribution >= 0.6 is 0 Å². The third-order valence-corrected chi connectivity index (χ3v) is 5.64. The Bertz CT molecular complexity index is 938. The van der Waals surface area contributed by atoms with Crippen molar-refractivity contribution in [3.8, 4) is 5.75 Å². The Morgan fingerprint density at radius 3 is 2.56 bits per heavy atom. The van der Waals surface area contributed by atoms with Crippen molar-refractivity contribution in [1.29, 1.82) is 0 Å². The van der Waals surface area contributed by atoms with E-state index in [1.54, 1.807) is 7.05 Å². The third-order valence-electron chi connectivity index (χ3n) is 5.64. The molecule has 7 nitrogen and oxygen atoms in total. The summed E-state index contributed by atoms with van der Waals surface area (Å²) in [5.41, 5.74) is 2.09. The summed E-state index contributed by atoms with van der Waals surface area (Å²) >= 11 is 0. The number of nitrogens with zero attached hydrogens (tertiary/aromatic N) is 3. The number of carbonyl (C=O) groups is 1. The standard InChI is InChI=1S/C24H30FN5O2/c1-26-24(30-13-11-29(12-14-30)21-9-5-19(25)6-10-21)27-16-18-3-2-4-22(15-18)32-17-23(31)28-20-7-8-20/h2-6,9-10,15,20H,7-8,11-14,16-17H2,1H3,(H,26,27)(H,28,31). The number of carbonyl (C=O) groups excluding carboxylic acids is 1. The highest BCUT2D eigenvalue weighted by Crippen LogP contribution is 2.19. The Hall–Kier alpha value is -3.29. The number of guanidine groups is 1. The summed E-state index contributed by atoms with van der Waals surface area (Å²) in [5, 5.41) is 6.34. The first-order valence-corrected chi connectivity index (χ1v) is 11.1. The number of anilines is 1. The monoisotopic (exact) mass is 439 g/mol. The number of nitrogens with one attached hydrogen (secondary N) is 2. The minimum atomic E-state index is -0.215. The van der Waals surface area contributed by atoms with Crippen molar-refractivity contribution in [1.82, 2.24) is 15.5 Å². The first-order chi connectivity index (χ1) is 15.6. The van der Waals surface area contributed by atoms with Crippen molar-refractivity contribution < 1.29 is 13.9 Å². The number of hydrogen-bond acceptors (Lipinski definition) is 4.